The maximum atomic E-state index is 11.9. The third-order valence-electron chi connectivity index (χ3n) is 3.80. The Labute approximate surface area is 143 Å². The fourth-order valence-electron chi connectivity index (χ4n) is 2.28. The van der Waals surface area contributed by atoms with Crippen LogP contribution in [0.5, 0.6) is 0 Å². The van der Waals surface area contributed by atoms with Gasteiger partial charge in [0.25, 0.3) is 5.91 Å². The maximum absolute atomic E-state index is 11.9. The van der Waals surface area contributed by atoms with E-state index >= 15 is 0 Å². The molecule has 130 valence electrons. The SMILES string of the molecule is CNC(=O)COC(=O)/C(C#N)=C/c1cc(C)n(CCC(C)C)c1C. The summed E-state index contributed by atoms with van der Waals surface area (Å²) in [6.45, 7) is 8.80. The van der Waals surface area contributed by atoms with Crippen LogP contribution in [0.25, 0.3) is 6.08 Å². The lowest BCUT2D eigenvalue weighted by Crippen LogP contribution is -2.25. The number of carbonyl (C=O) groups excluding carboxylic acids is 2. The molecule has 0 saturated carbocycles. The van der Waals surface area contributed by atoms with Crippen LogP contribution < -0.4 is 5.32 Å². The molecule has 0 radical (unpaired) electrons. The molecule has 24 heavy (non-hydrogen) atoms. The van der Waals surface area contributed by atoms with Gasteiger partial charge in [-0.2, -0.15) is 5.26 Å². The van der Waals surface area contributed by atoms with Crippen LogP contribution in [0.1, 0.15) is 37.2 Å². The normalized spacial score (nSPS) is 11.3. The van der Waals surface area contributed by atoms with Gasteiger partial charge in [-0.05, 0) is 43.9 Å². The van der Waals surface area contributed by atoms with Crippen LogP contribution in [0.3, 0.4) is 0 Å². The molecule has 0 spiro atoms. The number of likely N-dealkylation sites (N-methyl/N-ethyl adjacent to an activating group) is 1. The van der Waals surface area contributed by atoms with Gasteiger partial charge in [-0.1, -0.05) is 13.8 Å². The van der Waals surface area contributed by atoms with Gasteiger partial charge in [-0.25, -0.2) is 4.79 Å². The summed E-state index contributed by atoms with van der Waals surface area (Å²) in [4.78, 5) is 23.0. The first-order valence-corrected chi connectivity index (χ1v) is 7.96. The Morgan fingerprint density at radius 2 is 2.08 bits per heavy atom. The monoisotopic (exact) mass is 331 g/mol. The first-order chi connectivity index (χ1) is 11.3. The smallest absolute Gasteiger partial charge is 0.349 e. The quantitative estimate of drug-likeness (QED) is 0.472. The van der Waals surface area contributed by atoms with Crippen molar-refractivity contribution >= 4 is 18.0 Å². The van der Waals surface area contributed by atoms with Crippen molar-refractivity contribution in [1.82, 2.24) is 9.88 Å². The summed E-state index contributed by atoms with van der Waals surface area (Å²) in [6, 6.07) is 3.79. The Morgan fingerprint density at radius 3 is 2.62 bits per heavy atom. The van der Waals surface area contributed by atoms with Gasteiger partial charge >= 0.3 is 5.97 Å². The predicted octanol–water partition coefficient (Wildman–Crippen LogP) is 2.35. The minimum atomic E-state index is -0.798. The highest BCUT2D eigenvalue weighted by Crippen LogP contribution is 2.20. The molecule has 6 heteroatoms. The molecular formula is C18H25N3O3. The van der Waals surface area contributed by atoms with E-state index < -0.39 is 18.5 Å². The molecule has 0 saturated heterocycles. The number of carbonyl (C=O) groups is 2. The Morgan fingerprint density at radius 1 is 1.42 bits per heavy atom. The molecule has 1 heterocycles. The van der Waals surface area contributed by atoms with E-state index in [0.29, 0.717) is 5.92 Å². The van der Waals surface area contributed by atoms with E-state index in [-0.39, 0.29) is 5.57 Å². The minimum Gasteiger partial charge on any atom is -0.451 e. The van der Waals surface area contributed by atoms with Crippen molar-refractivity contribution in [2.45, 2.75) is 40.7 Å². The average Bonchev–Trinajstić information content (AvgIpc) is 2.81. The average molecular weight is 331 g/mol. The Kier molecular flexibility index (Phi) is 7.25. The zero-order chi connectivity index (χ0) is 18.3. The van der Waals surface area contributed by atoms with Gasteiger partial charge < -0.3 is 14.6 Å². The molecule has 1 aromatic rings. The van der Waals surface area contributed by atoms with Gasteiger partial charge in [-0.3, -0.25) is 4.79 Å². The van der Waals surface area contributed by atoms with Crippen LogP contribution in [-0.4, -0.2) is 30.1 Å². The third-order valence-corrected chi connectivity index (χ3v) is 3.80. The van der Waals surface area contributed by atoms with E-state index in [1.807, 2.05) is 26.0 Å². The van der Waals surface area contributed by atoms with Crippen LogP contribution in [-0.2, 0) is 20.9 Å². The lowest BCUT2D eigenvalue weighted by atomic mass is 10.1. The molecule has 6 nitrogen and oxygen atoms in total. The molecule has 0 aromatic carbocycles. The molecule has 0 aliphatic heterocycles. The molecule has 0 aliphatic rings. The number of esters is 1. The number of ether oxygens (including phenoxy) is 1. The van der Waals surface area contributed by atoms with Crippen molar-refractivity contribution in [1.29, 1.82) is 5.26 Å². The summed E-state index contributed by atoms with van der Waals surface area (Å²) in [5, 5.41) is 11.5. The number of aryl methyl sites for hydroxylation is 1. The standard InChI is InChI=1S/C18H25N3O3/c1-12(2)6-7-21-13(3)8-15(14(21)4)9-16(10-19)18(23)24-11-17(22)20-5/h8-9,12H,6-7,11H2,1-5H3,(H,20,22)/b16-9+. The molecular weight excluding hydrogens is 306 g/mol. The largest absolute Gasteiger partial charge is 0.451 e. The Balaban J connectivity index is 2.97. The van der Waals surface area contributed by atoms with Gasteiger partial charge in [0, 0.05) is 25.0 Å². The number of nitriles is 1. The summed E-state index contributed by atoms with van der Waals surface area (Å²) in [6.07, 6.45) is 2.57. The molecule has 1 rings (SSSR count). The summed E-state index contributed by atoms with van der Waals surface area (Å²) < 4.78 is 7.00. The second-order valence-electron chi connectivity index (χ2n) is 6.08. The van der Waals surface area contributed by atoms with E-state index in [2.05, 4.69) is 23.7 Å². The molecule has 0 atom stereocenters. The van der Waals surface area contributed by atoms with Gasteiger partial charge in [-0.15, -0.1) is 0 Å². The van der Waals surface area contributed by atoms with Crippen molar-refractivity contribution in [2.24, 2.45) is 5.92 Å². The van der Waals surface area contributed by atoms with Crippen molar-refractivity contribution in [3.63, 3.8) is 0 Å². The fourth-order valence-corrected chi connectivity index (χ4v) is 2.28. The summed E-state index contributed by atoms with van der Waals surface area (Å²) in [7, 11) is 1.45. The predicted molar refractivity (Wildman–Crippen MR) is 92.0 cm³/mol. The molecule has 0 unspecified atom stereocenters. The van der Waals surface area contributed by atoms with E-state index in [0.717, 1.165) is 29.9 Å². The highest BCUT2D eigenvalue weighted by Gasteiger charge is 2.15. The van der Waals surface area contributed by atoms with Gasteiger partial charge in [0.2, 0.25) is 0 Å². The third kappa shape index (κ3) is 5.27. The number of nitrogens with one attached hydrogen (secondary N) is 1. The first kappa shape index (κ1) is 19.5. The molecule has 1 aromatic heterocycles. The second-order valence-corrected chi connectivity index (χ2v) is 6.08. The maximum Gasteiger partial charge on any atom is 0.349 e. The minimum absolute atomic E-state index is 0.122. The number of nitrogens with zero attached hydrogens (tertiary/aromatic N) is 2. The van der Waals surface area contributed by atoms with Crippen LogP contribution >= 0.6 is 0 Å². The topological polar surface area (TPSA) is 84.1 Å². The number of aromatic nitrogens is 1. The van der Waals surface area contributed by atoms with Crippen LogP contribution in [0.4, 0.5) is 0 Å². The number of hydrogen-bond donors (Lipinski definition) is 1. The fraction of sp³-hybridized carbons (Fsp3) is 0.500. The van der Waals surface area contributed by atoms with E-state index in [4.69, 9.17) is 4.74 Å². The number of hydrogen-bond acceptors (Lipinski definition) is 4. The van der Waals surface area contributed by atoms with E-state index in [1.54, 1.807) is 0 Å². The van der Waals surface area contributed by atoms with Crippen LogP contribution in [0.15, 0.2) is 11.6 Å². The molecule has 1 N–H and O–H groups in total. The van der Waals surface area contributed by atoms with Crippen LogP contribution in [0, 0.1) is 31.1 Å². The highest BCUT2D eigenvalue weighted by atomic mass is 16.5. The number of rotatable bonds is 7. The van der Waals surface area contributed by atoms with Gasteiger partial charge in [0.05, 0.1) is 0 Å². The molecule has 0 aliphatic carbocycles. The summed E-state index contributed by atoms with van der Waals surface area (Å²) in [5.74, 6) is -0.625. The number of amides is 1. The van der Waals surface area contributed by atoms with Crippen molar-refractivity contribution in [3.8, 4) is 6.07 Å². The van der Waals surface area contributed by atoms with E-state index in [1.165, 1.54) is 13.1 Å². The lowest BCUT2D eigenvalue weighted by Gasteiger charge is -2.11. The highest BCUT2D eigenvalue weighted by molar-refractivity contribution is 5.99. The summed E-state index contributed by atoms with van der Waals surface area (Å²) >= 11 is 0. The second kappa shape index (κ2) is 8.92. The Hall–Kier alpha value is -2.55. The lowest BCUT2D eigenvalue weighted by molar-refractivity contribution is -0.144. The zero-order valence-electron chi connectivity index (χ0n) is 15.0. The van der Waals surface area contributed by atoms with Crippen molar-refractivity contribution in [2.75, 3.05) is 13.7 Å². The van der Waals surface area contributed by atoms with E-state index in [9.17, 15) is 14.9 Å². The molecule has 1 amide bonds. The van der Waals surface area contributed by atoms with Crippen molar-refractivity contribution in [3.05, 3.63) is 28.6 Å². The summed E-state index contributed by atoms with van der Waals surface area (Å²) in [5.41, 5.74) is 2.77. The molecule has 0 bridgehead atoms. The first-order valence-electron chi connectivity index (χ1n) is 7.96. The van der Waals surface area contributed by atoms with Crippen molar-refractivity contribution < 1.29 is 14.3 Å². The zero-order valence-corrected chi connectivity index (χ0v) is 15.0. The van der Waals surface area contributed by atoms with Gasteiger partial charge in [0.15, 0.2) is 6.61 Å². The van der Waals surface area contributed by atoms with Gasteiger partial charge in [0.1, 0.15) is 11.6 Å². The molecule has 0 fully saturated rings. The Bertz CT molecular complexity index is 678. The van der Waals surface area contributed by atoms with Crippen LogP contribution in [0.2, 0.25) is 0 Å².